The van der Waals surface area contributed by atoms with Crippen molar-refractivity contribution in [2.45, 2.75) is 13.5 Å². The van der Waals surface area contributed by atoms with Crippen molar-refractivity contribution in [3.63, 3.8) is 0 Å². The molecule has 92 valence electrons. The number of hydrogen-bond acceptors (Lipinski definition) is 4. The van der Waals surface area contributed by atoms with Crippen LogP contribution in [-0.2, 0) is 6.54 Å². The first-order valence-electron chi connectivity index (χ1n) is 5.56. The molecule has 4 nitrogen and oxygen atoms in total. The van der Waals surface area contributed by atoms with Gasteiger partial charge in [0, 0.05) is 30.2 Å². The largest absolute Gasteiger partial charge is 0.389 e. The number of nitrogens with zero attached hydrogens (tertiary/aromatic N) is 2. The molecule has 2 aromatic rings. The van der Waals surface area contributed by atoms with E-state index < -0.39 is 0 Å². The molecule has 2 rings (SSSR count). The molecule has 0 radical (unpaired) electrons. The van der Waals surface area contributed by atoms with Crippen LogP contribution in [0.25, 0.3) is 0 Å². The minimum atomic E-state index is 0.380. The van der Waals surface area contributed by atoms with Crippen molar-refractivity contribution in [2.75, 3.05) is 5.32 Å². The number of pyridine rings is 2. The van der Waals surface area contributed by atoms with Gasteiger partial charge >= 0.3 is 0 Å². The maximum Gasteiger partial charge on any atom is 0.127 e. The fourth-order valence-corrected chi connectivity index (χ4v) is 1.71. The minimum absolute atomic E-state index is 0.380. The first kappa shape index (κ1) is 12.4. The van der Waals surface area contributed by atoms with Crippen molar-refractivity contribution in [3.05, 3.63) is 53.5 Å². The first-order valence-corrected chi connectivity index (χ1v) is 5.97. The summed E-state index contributed by atoms with van der Waals surface area (Å²) in [7, 11) is 0. The molecule has 0 aromatic carbocycles. The molecule has 5 heteroatoms. The summed E-state index contributed by atoms with van der Waals surface area (Å²) in [6.45, 7) is 2.58. The van der Waals surface area contributed by atoms with Crippen LogP contribution in [0.15, 0.2) is 36.7 Å². The summed E-state index contributed by atoms with van der Waals surface area (Å²) in [6.07, 6.45) is 3.57. The smallest absolute Gasteiger partial charge is 0.127 e. The molecule has 0 aliphatic heterocycles. The van der Waals surface area contributed by atoms with Crippen LogP contribution >= 0.6 is 12.2 Å². The summed E-state index contributed by atoms with van der Waals surface area (Å²) in [5.74, 6) is 0.765. The van der Waals surface area contributed by atoms with Gasteiger partial charge in [0.2, 0.25) is 0 Å². The monoisotopic (exact) mass is 258 g/mol. The molecule has 0 spiro atoms. The number of hydrogen-bond donors (Lipinski definition) is 2. The third-order valence-electron chi connectivity index (χ3n) is 2.43. The summed E-state index contributed by atoms with van der Waals surface area (Å²) in [5, 5.41) is 3.23. The van der Waals surface area contributed by atoms with Crippen molar-refractivity contribution in [3.8, 4) is 0 Å². The lowest BCUT2D eigenvalue weighted by Crippen LogP contribution is -2.11. The van der Waals surface area contributed by atoms with Crippen LogP contribution in [-0.4, -0.2) is 15.0 Å². The molecular formula is C13H14N4S. The molecule has 0 saturated heterocycles. The summed E-state index contributed by atoms with van der Waals surface area (Å²) in [6, 6.07) is 7.63. The fraction of sp³-hybridized carbons (Fsp3) is 0.154. The molecule has 3 N–H and O–H groups in total. The highest BCUT2D eigenvalue weighted by Crippen LogP contribution is 2.11. The lowest BCUT2D eigenvalue weighted by atomic mass is 10.2. The van der Waals surface area contributed by atoms with Crippen LogP contribution in [0.2, 0.25) is 0 Å². The van der Waals surface area contributed by atoms with E-state index in [0.717, 1.165) is 22.6 Å². The summed E-state index contributed by atoms with van der Waals surface area (Å²) in [5.41, 5.74) is 8.43. The Hall–Kier alpha value is -2.01. The highest BCUT2D eigenvalue weighted by molar-refractivity contribution is 7.80. The Balaban J connectivity index is 2.12. The number of anilines is 1. The van der Waals surface area contributed by atoms with E-state index in [2.05, 4.69) is 15.3 Å². The Kier molecular flexibility index (Phi) is 3.84. The lowest BCUT2D eigenvalue weighted by Gasteiger charge is -2.08. The molecule has 0 bridgehead atoms. The molecule has 0 fully saturated rings. The lowest BCUT2D eigenvalue weighted by molar-refractivity contribution is 1.07. The molecule has 2 aromatic heterocycles. The molecule has 0 aliphatic carbocycles. The predicted molar refractivity (Wildman–Crippen MR) is 76.4 cm³/mol. The van der Waals surface area contributed by atoms with Gasteiger partial charge in [-0.25, -0.2) is 4.98 Å². The van der Waals surface area contributed by atoms with Crippen LogP contribution in [0.4, 0.5) is 5.82 Å². The SMILES string of the molecule is Cc1cc(C(N)=S)cc(NCc2cccnc2)n1. The average Bonchev–Trinajstić information content (AvgIpc) is 2.37. The van der Waals surface area contributed by atoms with Crippen molar-refractivity contribution < 1.29 is 0 Å². The Morgan fingerprint density at radius 2 is 2.28 bits per heavy atom. The molecule has 18 heavy (non-hydrogen) atoms. The highest BCUT2D eigenvalue weighted by atomic mass is 32.1. The third kappa shape index (κ3) is 3.24. The Morgan fingerprint density at radius 3 is 2.94 bits per heavy atom. The fourth-order valence-electron chi connectivity index (χ4n) is 1.60. The summed E-state index contributed by atoms with van der Waals surface area (Å²) in [4.78, 5) is 8.82. The quantitative estimate of drug-likeness (QED) is 0.822. The second-order valence-corrected chi connectivity index (χ2v) is 4.40. The van der Waals surface area contributed by atoms with Crippen molar-refractivity contribution in [1.29, 1.82) is 0 Å². The highest BCUT2D eigenvalue weighted by Gasteiger charge is 2.02. The Bertz CT molecular complexity index is 554. The second kappa shape index (κ2) is 5.55. The maximum atomic E-state index is 5.62. The number of aryl methyl sites for hydroxylation is 1. The molecule has 0 aliphatic rings. The summed E-state index contributed by atoms with van der Waals surface area (Å²) >= 11 is 4.97. The zero-order chi connectivity index (χ0) is 13.0. The average molecular weight is 258 g/mol. The van der Waals surface area contributed by atoms with Crippen LogP contribution < -0.4 is 11.1 Å². The third-order valence-corrected chi connectivity index (χ3v) is 2.67. The zero-order valence-corrected chi connectivity index (χ0v) is 10.9. The van der Waals surface area contributed by atoms with E-state index in [1.807, 2.05) is 37.4 Å². The first-order chi connectivity index (χ1) is 8.65. The van der Waals surface area contributed by atoms with Crippen LogP contribution in [0.3, 0.4) is 0 Å². The van der Waals surface area contributed by atoms with Gasteiger partial charge in [-0.1, -0.05) is 18.3 Å². The van der Waals surface area contributed by atoms with Crippen molar-refractivity contribution in [2.24, 2.45) is 5.73 Å². The number of thiocarbonyl (C=S) groups is 1. The van der Waals surface area contributed by atoms with E-state index in [0.29, 0.717) is 11.5 Å². The van der Waals surface area contributed by atoms with Crippen LogP contribution in [0.5, 0.6) is 0 Å². The second-order valence-electron chi connectivity index (χ2n) is 3.96. The van der Waals surface area contributed by atoms with Crippen molar-refractivity contribution >= 4 is 23.0 Å². The van der Waals surface area contributed by atoms with Gasteiger partial charge < -0.3 is 11.1 Å². The number of rotatable bonds is 4. The van der Waals surface area contributed by atoms with E-state index in [1.54, 1.807) is 6.20 Å². The van der Waals surface area contributed by atoms with Gasteiger partial charge in [-0.2, -0.15) is 0 Å². The molecule has 0 atom stereocenters. The van der Waals surface area contributed by atoms with Crippen LogP contribution in [0, 0.1) is 6.92 Å². The van der Waals surface area contributed by atoms with E-state index in [-0.39, 0.29) is 0 Å². The molecular weight excluding hydrogens is 244 g/mol. The molecule has 2 heterocycles. The van der Waals surface area contributed by atoms with Crippen LogP contribution in [0.1, 0.15) is 16.8 Å². The van der Waals surface area contributed by atoms with Gasteiger partial charge in [0.1, 0.15) is 10.8 Å². The van der Waals surface area contributed by atoms with E-state index in [1.165, 1.54) is 0 Å². The maximum absolute atomic E-state index is 5.62. The normalized spacial score (nSPS) is 10.1. The standard InChI is InChI=1S/C13H14N4S/c1-9-5-11(13(14)18)6-12(17-9)16-8-10-3-2-4-15-7-10/h2-7H,8H2,1H3,(H2,14,18)(H,16,17). The zero-order valence-electron chi connectivity index (χ0n) is 10.1. The van der Waals surface area contributed by atoms with Crippen molar-refractivity contribution in [1.82, 2.24) is 9.97 Å². The number of nitrogens with two attached hydrogens (primary N) is 1. The molecule has 0 unspecified atom stereocenters. The van der Waals surface area contributed by atoms with Gasteiger partial charge in [-0.05, 0) is 30.7 Å². The number of nitrogens with one attached hydrogen (secondary N) is 1. The van der Waals surface area contributed by atoms with Gasteiger partial charge in [0.15, 0.2) is 0 Å². The van der Waals surface area contributed by atoms with Gasteiger partial charge in [-0.3, -0.25) is 4.98 Å². The van der Waals surface area contributed by atoms with E-state index in [4.69, 9.17) is 18.0 Å². The van der Waals surface area contributed by atoms with Gasteiger partial charge in [0.25, 0.3) is 0 Å². The topological polar surface area (TPSA) is 63.8 Å². The van der Waals surface area contributed by atoms with Gasteiger partial charge in [0.05, 0.1) is 0 Å². The number of aromatic nitrogens is 2. The molecule has 0 saturated carbocycles. The summed E-state index contributed by atoms with van der Waals surface area (Å²) < 4.78 is 0. The van der Waals surface area contributed by atoms with Gasteiger partial charge in [-0.15, -0.1) is 0 Å². The van der Waals surface area contributed by atoms with E-state index in [9.17, 15) is 0 Å². The predicted octanol–water partition coefficient (Wildman–Crippen LogP) is 2.03. The molecule has 0 amide bonds. The Labute approximate surface area is 111 Å². The Morgan fingerprint density at radius 1 is 1.44 bits per heavy atom. The van der Waals surface area contributed by atoms with E-state index >= 15 is 0 Å². The minimum Gasteiger partial charge on any atom is -0.389 e.